The van der Waals surface area contributed by atoms with Crippen LogP contribution < -0.4 is 4.90 Å². The Balaban J connectivity index is 1.62. The molecule has 4 nitrogen and oxygen atoms in total. The molecule has 7 heteroatoms. The number of amides is 1. The predicted molar refractivity (Wildman–Crippen MR) is 117 cm³/mol. The molecular weight excluding hydrogens is 410 g/mol. The number of nitrogens with zero attached hydrogens (tertiary/aromatic N) is 3. The minimum atomic E-state index is -0.0188. The maximum absolute atomic E-state index is 13.1. The maximum Gasteiger partial charge on any atom is 0.239 e. The number of anilines is 1. The van der Waals surface area contributed by atoms with E-state index >= 15 is 0 Å². The van der Waals surface area contributed by atoms with Crippen molar-refractivity contribution in [2.75, 3.05) is 10.7 Å². The molecule has 2 aromatic carbocycles. The van der Waals surface area contributed by atoms with Crippen LogP contribution in [0.5, 0.6) is 0 Å². The third-order valence-electron chi connectivity index (χ3n) is 4.04. The van der Waals surface area contributed by atoms with Gasteiger partial charge in [-0.1, -0.05) is 53.3 Å². The molecule has 0 aliphatic heterocycles. The highest BCUT2D eigenvalue weighted by atomic mass is 35.5. The van der Waals surface area contributed by atoms with Crippen LogP contribution in [0.25, 0.3) is 10.2 Å². The normalized spacial score (nSPS) is 10.9. The Morgan fingerprint density at radius 2 is 1.86 bits per heavy atom. The second-order valence-corrected chi connectivity index (χ2v) is 8.45. The first-order valence-corrected chi connectivity index (χ1v) is 10.8. The van der Waals surface area contributed by atoms with Crippen LogP contribution in [-0.2, 0) is 11.3 Å². The minimum absolute atomic E-state index is 0.0188. The number of pyridine rings is 1. The number of benzene rings is 2. The van der Waals surface area contributed by atoms with Gasteiger partial charge in [0, 0.05) is 11.1 Å². The number of aromatic nitrogens is 2. The van der Waals surface area contributed by atoms with Crippen molar-refractivity contribution in [2.24, 2.45) is 0 Å². The van der Waals surface area contributed by atoms with E-state index in [0.717, 1.165) is 20.8 Å². The first kappa shape index (κ1) is 18.9. The van der Waals surface area contributed by atoms with Gasteiger partial charge in [-0.3, -0.25) is 14.7 Å². The van der Waals surface area contributed by atoms with Crippen LogP contribution >= 0.6 is 34.7 Å². The molecule has 0 aliphatic carbocycles. The number of rotatable bonds is 6. The number of thioether (sulfide) groups is 1. The summed E-state index contributed by atoms with van der Waals surface area (Å²) < 4.78 is 0.956. The molecule has 2 heterocycles. The highest BCUT2D eigenvalue weighted by molar-refractivity contribution is 8.00. The van der Waals surface area contributed by atoms with Crippen molar-refractivity contribution in [3.63, 3.8) is 0 Å². The van der Waals surface area contributed by atoms with E-state index in [2.05, 4.69) is 9.97 Å². The molecule has 0 saturated carbocycles. The standard InChI is InChI=1S/C21H16ClN3OS2/c22-17-10-6-11-18-20(17)24-21(28-18)25(13-15-7-4-5-12-23-15)19(26)14-27-16-8-2-1-3-9-16/h1-12H,13-14H2. The number of thiazole rings is 1. The SMILES string of the molecule is O=C(CSc1ccccc1)N(Cc1ccccn1)c1nc2c(Cl)cccc2s1. The van der Waals surface area contributed by atoms with Crippen LogP contribution in [0.15, 0.2) is 77.8 Å². The Bertz CT molecular complexity index is 1090. The monoisotopic (exact) mass is 425 g/mol. The fraction of sp³-hybridized carbons (Fsp3) is 0.0952. The van der Waals surface area contributed by atoms with Gasteiger partial charge in [-0.2, -0.15) is 0 Å². The van der Waals surface area contributed by atoms with Crippen molar-refractivity contribution in [2.45, 2.75) is 11.4 Å². The zero-order valence-corrected chi connectivity index (χ0v) is 17.2. The van der Waals surface area contributed by atoms with Crippen LogP contribution in [0, 0.1) is 0 Å². The number of fused-ring (bicyclic) bond motifs is 1. The van der Waals surface area contributed by atoms with Gasteiger partial charge < -0.3 is 0 Å². The van der Waals surface area contributed by atoms with Crippen LogP contribution in [0.3, 0.4) is 0 Å². The minimum Gasteiger partial charge on any atom is -0.281 e. The zero-order valence-electron chi connectivity index (χ0n) is 14.8. The second-order valence-electron chi connectivity index (χ2n) is 5.99. The summed E-state index contributed by atoms with van der Waals surface area (Å²) in [5.74, 6) is 0.301. The lowest BCUT2D eigenvalue weighted by atomic mass is 10.3. The highest BCUT2D eigenvalue weighted by Crippen LogP contribution is 2.34. The Morgan fingerprint density at radius 1 is 1.04 bits per heavy atom. The van der Waals surface area contributed by atoms with Gasteiger partial charge in [0.05, 0.1) is 27.7 Å². The summed E-state index contributed by atoms with van der Waals surface area (Å²) in [5.41, 5.74) is 1.53. The Hall–Kier alpha value is -2.41. The number of carbonyl (C=O) groups is 1. The molecule has 0 unspecified atom stereocenters. The number of halogens is 1. The van der Waals surface area contributed by atoms with Gasteiger partial charge in [-0.15, -0.1) is 11.8 Å². The van der Waals surface area contributed by atoms with Crippen molar-refractivity contribution in [3.8, 4) is 0 Å². The van der Waals surface area contributed by atoms with Crippen molar-refractivity contribution < 1.29 is 4.79 Å². The molecule has 0 atom stereocenters. The molecule has 1 amide bonds. The smallest absolute Gasteiger partial charge is 0.239 e. The number of hydrogen-bond acceptors (Lipinski definition) is 5. The third kappa shape index (κ3) is 4.35. The molecule has 0 N–H and O–H groups in total. The van der Waals surface area contributed by atoms with Gasteiger partial charge in [0.15, 0.2) is 5.13 Å². The lowest BCUT2D eigenvalue weighted by Crippen LogP contribution is -2.32. The number of carbonyl (C=O) groups excluding carboxylic acids is 1. The molecule has 140 valence electrons. The number of hydrogen-bond donors (Lipinski definition) is 0. The molecule has 0 radical (unpaired) electrons. The summed E-state index contributed by atoms with van der Waals surface area (Å²) in [6, 6.07) is 21.2. The van der Waals surface area contributed by atoms with Gasteiger partial charge in [-0.25, -0.2) is 4.98 Å². The topological polar surface area (TPSA) is 46.1 Å². The summed E-state index contributed by atoms with van der Waals surface area (Å²) in [6.45, 7) is 0.368. The molecule has 2 aromatic heterocycles. The molecule has 0 bridgehead atoms. The van der Waals surface area contributed by atoms with Gasteiger partial charge in [-0.05, 0) is 36.4 Å². The highest BCUT2D eigenvalue weighted by Gasteiger charge is 2.21. The quantitative estimate of drug-likeness (QED) is 0.373. The third-order valence-corrected chi connectivity index (χ3v) is 6.39. The van der Waals surface area contributed by atoms with E-state index in [-0.39, 0.29) is 5.91 Å². The number of para-hydroxylation sites is 1. The average Bonchev–Trinajstić information content (AvgIpc) is 3.17. The predicted octanol–water partition coefficient (Wildman–Crippen LogP) is 5.67. The van der Waals surface area contributed by atoms with E-state index < -0.39 is 0 Å². The molecule has 0 saturated heterocycles. The van der Waals surface area contributed by atoms with Gasteiger partial charge in [0.1, 0.15) is 5.52 Å². The summed E-state index contributed by atoms with van der Waals surface area (Å²) in [6.07, 6.45) is 1.73. The molecule has 0 fully saturated rings. The Labute approximate surface area is 176 Å². The van der Waals surface area contributed by atoms with Gasteiger partial charge >= 0.3 is 0 Å². The van der Waals surface area contributed by atoms with E-state index in [1.54, 1.807) is 11.1 Å². The maximum atomic E-state index is 13.1. The van der Waals surface area contributed by atoms with E-state index in [1.807, 2.05) is 66.7 Å². The lowest BCUT2D eigenvalue weighted by Gasteiger charge is -2.19. The van der Waals surface area contributed by atoms with Crippen molar-refractivity contribution in [3.05, 3.63) is 83.6 Å². The zero-order chi connectivity index (χ0) is 19.3. The summed E-state index contributed by atoms with van der Waals surface area (Å²) in [5, 5.41) is 1.22. The van der Waals surface area contributed by atoms with E-state index in [9.17, 15) is 4.79 Å². The summed E-state index contributed by atoms with van der Waals surface area (Å²) >= 11 is 9.25. The second kappa shape index (κ2) is 8.73. The van der Waals surface area contributed by atoms with Crippen LogP contribution in [0.2, 0.25) is 5.02 Å². The van der Waals surface area contributed by atoms with Crippen molar-refractivity contribution >= 4 is 56.0 Å². The molecule has 4 rings (SSSR count). The van der Waals surface area contributed by atoms with Crippen LogP contribution in [-0.4, -0.2) is 21.6 Å². The molecule has 0 aliphatic rings. The summed E-state index contributed by atoms with van der Waals surface area (Å²) in [7, 11) is 0. The van der Waals surface area contributed by atoms with Crippen LogP contribution in [0.1, 0.15) is 5.69 Å². The van der Waals surface area contributed by atoms with Crippen molar-refractivity contribution in [1.29, 1.82) is 0 Å². The van der Waals surface area contributed by atoms with Crippen molar-refractivity contribution in [1.82, 2.24) is 9.97 Å². The first-order chi connectivity index (χ1) is 13.7. The Morgan fingerprint density at radius 3 is 2.61 bits per heavy atom. The molecule has 0 spiro atoms. The molecule has 28 heavy (non-hydrogen) atoms. The average molecular weight is 426 g/mol. The fourth-order valence-corrected chi connectivity index (χ4v) is 4.75. The largest absolute Gasteiger partial charge is 0.281 e. The van der Waals surface area contributed by atoms with E-state index in [1.165, 1.54) is 23.1 Å². The lowest BCUT2D eigenvalue weighted by molar-refractivity contribution is -0.116. The van der Waals surface area contributed by atoms with Gasteiger partial charge in [0.2, 0.25) is 5.91 Å². The molecule has 4 aromatic rings. The van der Waals surface area contributed by atoms with E-state index in [0.29, 0.717) is 22.5 Å². The fourth-order valence-electron chi connectivity index (χ4n) is 2.67. The summed E-state index contributed by atoms with van der Waals surface area (Å²) in [4.78, 5) is 24.9. The van der Waals surface area contributed by atoms with E-state index in [4.69, 9.17) is 11.6 Å². The molecular formula is C21H16ClN3OS2. The van der Waals surface area contributed by atoms with Gasteiger partial charge in [0.25, 0.3) is 0 Å². The Kier molecular flexibility index (Phi) is 5.90. The van der Waals surface area contributed by atoms with Crippen LogP contribution in [0.4, 0.5) is 5.13 Å². The first-order valence-electron chi connectivity index (χ1n) is 8.64.